The lowest BCUT2D eigenvalue weighted by Crippen LogP contribution is -2.40. The van der Waals surface area contributed by atoms with Crippen LogP contribution in [0.25, 0.3) is 0 Å². The zero-order chi connectivity index (χ0) is 22.8. The van der Waals surface area contributed by atoms with E-state index in [1.54, 1.807) is 24.3 Å². The molecule has 2 aromatic rings. The van der Waals surface area contributed by atoms with E-state index in [9.17, 15) is 17.2 Å². The van der Waals surface area contributed by atoms with Crippen molar-refractivity contribution in [1.29, 1.82) is 0 Å². The molecular weight excluding hydrogens is 434 g/mol. The van der Waals surface area contributed by atoms with Gasteiger partial charge < -0.3 is 4.74 Å². The Balaban J connectivity index is 1.53. The summed E-state index contributed by atoms with van der Waals surface area (Å²) < 4.78 is 60.2. The van der Waals surface area contributed by atoms with Crippen LogP contribution in [0.2, 0.25) is 0 Å². The summed E-state index contributed by atoms with van der Waals surface area (Å²) in [5.41, 5.74) is 2.55. The lowest BCUT2D eigenvalue weighted by molar-refractivity contribution is -0.0579. The van der Waals surface area contributed by atoms with Gasteiger partial charge in [-0.05, 0) is 42.7 Å². The van der Waals surface area contributed by atoms with Gasteiger partial charge in [-0.3, -0.25) is 0 Å². The van der Waals surface area contributed by atoms with Crippen molar-refractivity contribution in [1.82, 2.24) is 4.83 Å². The second-order valence-electron chi connectivity index (χ2n) is 8.01. The first kappa shape index (κ1) is 22.2. The second-order valence-corrected chi connectivity index (χ2v) is 9.67. The highest BCUT2D eigenvalue weighted by molar-refractivity contribution is 7.89. The van der Waals surface area contributed by atoms with Crippen LogP contribution in [-0.2, 0) is 21.4 Å². The van der Waals surface area contributed by atoms with E-state index >= 15 is 0 Å². The fraction of sp³-hybridized carbons (Fsp3) is 0.292. The summed E-state index contributed by atoms with van der Waals surface area (Å²) in [7, 11) is -3.89. The first-order chi connectivity index (χ1) is 15.2. The van der Waals surface area contributed by atoms with E-state index in [1.165, 1.54) is 12.1 Å². The van der Waals surface area contributed by atoms with Gasteiger partial charge in [0.15, 0.2) is 0 Å². The molecule has 5 nitrogen and oxygen atoms in total. The van der Waals surface area contributed by atoms with Crippen LogP contribution in [0.4, 0.5) is 8.78 Å². The Morgan fingerprint density at radius 1 is 1.09 bits per heavy atom. The lowest BCUT2D eigenvalue weighted by atomic mass is 9.75. The summed E-state index contributed by atoms with van der Waals surface area (Å²) in [6.45, 7) is 2.15. The maximum atomic E-state index is 14.7. The highest BCUT2D eigenvalue weighted by Crippen LogP contribution is 2.45. The first-order valence-electron chi connectivity index (χ1n) is 10.4. The largest absolute Gasteiger partial charge is 0.493 e. The fourth-order valence-corrected chi connectivity index (χ4v) is 4.65. The lowest BCUT2D eigenvalue weighted by Gasteiger charge is -2.36. The normalized spacial score (nSPS) is 21.3. The highest BCUT2D eigenvalue weighted by atomic mass is 32.2. The van der Waals surface area contributed by atoms with E-state index in [0.717, 1.165) is 11.1 Å². The third-order valence-electron chi connectivity index (χ3n) is 5.67. The van der Waals surface area contributed by atoms with Crippen LogP contribution >= 0.6 is 0 Å². The molecule has 0 heterocycles. The molecule has 0 amide bonds. The SMILES string of the molecule is Cc1ccc(S(=O)(=O)N/N=C2\CCC(F)(F)C3CC(OCc4ccccc4)=CC=C23)cc1. The number of aryl methyl sites for hydroxylation is 1. The van der Waals surface area contributed by atoms with Gasteiger partial charge in [0.1, 0.15) is 6.61 Å². The first-order valence-corrected chi connectivity index (χ1v) is 11.8. The minimum atomic E-state index is -3.89. The molecular formula is C24H24F2N2O3S. The maximum absolute atomic E-state index is 14.7. The molecule has 2 aliphatic carbocycles. The number of hydrogen-bond donors (Lipinski definition) is 1. The molecule has 168 valence electrons. The number of fused-ring (bicyclic) bond motifs is 1. The summed E-state index contributed by atoms with van der Waals surface area (Å²) in [4.78, 5) is 2.27. The summed E-state index contributed by atoms with van der Waals surface area (Å²) >= 11 is 0. The zero-order valence-corrected chi connectivity index (χ0v) is 18.4. The Labute approximate surface area is 186 Å². The van der Waals surface area contributed by atoms with Crippen molar-refractivity contribution in [3.63, 3.8) is 0 Å². The molecule has 1 unspecified atom stereocenters. The summed E-state index contributed by atoms with van der Waals surface area (Å²) in [5.74, 6) is -3.55. The maximum Gasteiger partial charge on any atom is 0.276 e. The van der Waals surface area contributed by atoms with Crippen molar-refractivity contribution < 1.29 is 21.9 Å². The van der Waals surface area contributed by atoms with E-state index in [4.69, 9.17) is 4.74 Å². The van der Waals surface area contributed by atoms with Gasteiger partial charge in [0.2, 0.25) is 0 Å². The van der Waals surface area contributed by atoms with Gasteiger partial charge in [-0.25, -0.2) is 8.78 Å². The van der Waals surface area contributed by atoms with Gasteiger partial charge in [0, 0.05) is 12.8 Å². The van der Waals surface area contributed by atoms with E-state index in [0.29, 0.717) is 23.7 Å². The highest BCUT2D eigenvalue weighted by Gasteiger charge is 2.47. The van der Waals surface area contributed by atoms with E-state index in [-0.39, 0.29) is 17.7 Å². The molecule has 1 fully saturated rings. The third kappa shape index (κ3) is 4.91. The van der Waals surface area contributed by atoms with E-state index in [2.05, 4.69) is 9.93 Å². The van der Waals surface area contributed by atoms with Crippen LogP contribution in [0.3, 0.4) is 0 Å². The minimum Gasteiger partial charge on any atom is -0.493 e. The van der Waals surface area contributed by atoms with Crippen molar-refractivity contribution in [2.24, 2.45) is 11.0 Å². The quantitative estimate of drug-likeness (QED) is 0.612. The number of hydrogen-bond acceptors (Lipinski definition) is 4. The number of hydrazone groups is 1. The monoisotopic (exact) mass is 458 g/mol. The molecule has 2 aliphatic rings. The number of rotatable bonds is 6. The van der Waals surface area contributed by atoms with Crippen molar-refractivity contribution in [3.8, 4) is 0 Å². The Morgan fingerprint density at radius 3 is 2.53 bits per heavy atom. The third-order valence-corrected chi connectivity index (χ3v) is 6.89. The number of benzene rings is 2. The fourth-order valence-electron chi connectivity index (χ4n) is 3.82. The number of allylic oxidation sites excluding steroid dienone is 4. The number of nitrogens with one attached hydrogen (secondary N) is 1. The molecule has 4 rings (SSSR count). The van der Waals surface area contributed by atoms with Crippen LogP contribution in [-0.4, -0.2) is 20.1 Å². The van der Waals surface area contributed by atoms with Crippen molar-refractivity contribution in [2.45, 2.75) is 43.6 Å². The Bertz CT molecular complexity index is 1170. The summed E-state index contributed by atoms with van der Waals surface area (Å²) in [6, 6.07) is 15.8. The molecule has 0 radical (unpaired) electrons. The zero-order valence-electron chi connectivity index (χ0n) is 17.6. The number of sulfonamides is 1. The molecule has 1 N–H and O–H groups in total. The van der Waals surface area contributed by atoms with Gasteiger partial charge in [-0.2, -0.15) is 18.4 Å². The van der Waals surface area contributed by atoms with Crippen LogP contribution in [0, 0.1) is 12.8 Å². The van der Waals surface area contributed by atoms with Gasteiger partial charge in [-0.1, -0.05) is 54.1 Å². The molecule has 0 spiro atoms. The minimum absolute atomic E-state index is 0.0141. The van der Waals surface area contributed by atoms with E-state index in [1.807, 2.05) is 37.3 Å². The average molecular weight is 459 g/mol. The van der Waals surface area contributed by atoms with Crippen LogP contribution in [0.5, 0.6) is 0 Å². The number of ether oxygens (including phenoxy) is 1. The second kappa shape index (κ2) is 8.86. The van der Waals surface area contributed by atoms with Crippen molar-refractivity contribution in [3.05, 3.63) is 89.2 Å². The predicted molar refractivity (Wildman–Crippen MR) is 119 cm³/mol. The van der Waals surface area contributed by atoms with Crippen molar-refractivity contribution in [2.75, 3.05) is 0 Å². The molecule has 0 bridgehead atoms. The van der Waals surface area contributed by atoms with Gasteiger partial charge >= 0.3 is 0 Å². The molecule has 0 saturated heterocycles. The number of halogens is 2. The smallest absolute Gasteiger partial charge is 0.276 e. The van der Waals surface area contributed by atoms with Crippen LogP contribution in [0.15, 0.2) is 88.1 Å². The molecule has 0 aromatic heterocycles. The molecule has 32 heavy (non-hydrogen) atoms. The molecule has 1 saturated carbocycles. The van der Waals surface area contributed by atoms with Crippen LogP contribution in [0.1, 0.15) is 30.4 Å². The van der Waals surface area contributed by atoms with Crippen molar-refractivity contribution >= 4 is 15.7 Å². The topological polar surface area (TPSA) is 67.8 Å². The van der Waals surface area contributed by atoms with Gasteiger partial charge in [0.25, 0.3) is 15.9 Å². The van der Waals surface area contributed by atoms with E-state index < -0.39 is 28.3 Å². The number of alkyl halides is 2. The molecule has 1 atom stereocenters. The molecule has 8 heteroatoms. The van der Waals surface area contributed by atoms with Gasteiger partial charge in [-0.15, -0.1) is 0 Å². The Kier molecular flexibility index (Phi) is 6.15. The van der Waals surface area contributed by atoms with Gasteiger partial charge in [0.05, 0.1) is 22.3 Å². The predicted octanol–water partition coefficient (Wildman–Crippen LogP) is 5.11. The Morgan fingerprint density at radius 2 is 1.81 bits per heavy atom. The molecule has 2 aromatic carbocycles. The summed E-state index contributed by atoms with van der Waals surface area (Å²) in [5, 5.41) is 4.03. The van der Waals surface area contributed by atoms with Crippen LogP contribution < -0.4 is 4.83 Å². The average Bonchev–Trinajstić information content (AvgIpc) is 2.78. The Hall–Kier alpha value is -3.00. The standard InChI is InChI=1S/C24H24F2N2O3S/c1-17-7-10-20(11-8-17)32(29,30)28-27-23-13-14-24(25,26)22-15-19(9-12-21(22)23)31-16-18-5-3-2-4-6-18/h2-12,22,28H,13-16H2,1H3/b27-23+. The number of nitrogens with zero attached hydrogens (tertiary/aromatic N) is 1. The molecule has 0 aliphatic heterocycles. The summed E-state index contributed by atoms with van der Waals surface area (Å²) in [6.07, 6.45) is 2.86.